The van der Waals surface area contributed by atoms with E-state index in [4.69, 9.17) is 14.6 Å². The molecule has 0 aliphatic rings. The van der Waals surface area contributed by atoms with Crippen molar-refractivity contribution in [1.29, 1.82) is 0 Å². The first-order valence-electron chi connectivity index (χ1n) is 6.05. The van der Waals surface area contributed by atoms with E-state index in [2.05, 4.69) is 37.2 Å². The maximum absolute atomic E-state index is 11.6. The number of aliphatic hydroxyl groups excluding tert-OH is 1. The summed E-state index contributed by atoms with van der Waals surface area (Å²) < 4.78 is 11.7. The van der Waals surface area contributed by atoms with E-state index in [0.717, 1.165) is 12.0 Å². The van der Waals surface area contributed by atoms with Crippen molar-refractivity contribution in [3.8, 4) is 5.75 Å². The van der Waals surface area contributed by atoms with Crippen LogP contribution in [0.1, 0.15) is 12.0 Å². The van der Waals surface area contributed by atoms with Crippen molar-refractivity contribution in [2.24, 2.45) is 0 Å². The van der Waals surface area contributed by atoms with Crippen molar-refractivity contribution in [3.63, 3.8) is 0 Å². The molecule has 0 aliphatic heterocycles. The first kappa shape index (κ1) is 17.4. The van der Waals surface area contributed by atoms with E-state index in [1.807, 2.05) is 0 Å². The summed E-state index contributed by atoms with van der Waals surface area (Å²) >= 11 is 6.70. The molecule has 1 aromatic carbocycles. The van der Waals surface area contributed by atoms with Gasteiger partial charge in [0.25, 0.3) is 5.91 Å². The van der Waals surface area contributed by atoms with Crippen LogP contribution in [0.4, 0.5) is 0 Å². The van der Waals surface area contributed by atoms with Gasteiger partial charge in [0.05, 0.1) is 15.6 Å². The van der Waals surface area contributed by atoms with Crippen LogP contribution in [0.5, 0.6) is 5.75 Å². The summed E-state index contributed by atoms with van der Waals surface area (Å²) in [5.41, 5.74) is 0.750. The summed E-state index contributed by atoms with van der Waals surface area (Å²) in [6.45, 7) is 1.04. The average Bonchev–Trinajstić information content (AvgIpc) is 2.42. The normalized spacial score (nSPS) is 10.4. The van der Waals surface area contributed by atoms with Crippen molar-refractivity contribution in [1.82, 2.24) is 5.32 Å². The summed E-state index contributed by atoms with van der Waals surface area (Å²) in [5.74, 6) is 0.348. The van der Waals surface area contributed by atoms with Crippen LogP contribution in [0.3, 0.4) is 0 Å². The van der Waals surface area contributed by atoms with Crippen LogP contribution in [0, 0.1) is 0 Å². The smallest absolute Gasteiger partial charge is 0.257 e. The predicted octanol–water partition coefficient (Wildman–Crippen LogP) is 2.24. The Morgan fingerprint density at radius 2 is 2.00 bits per heavy atom. The Kier molecular flexibility index (Phi) is 8.13. The number of methoxy groups -OCH3 is 1. The van der Waals surface area contributed by atoms with E-state index in [1.54, 1.807) is 19.2 Å². The third-order valence-corrected chi connectivity index (χ3v) is 3.61. The van der Waals surface area contributed by atoms with Gasteiger partial charge in [0.1, 0.15) is 5.75 Å². The molecule has 1 aromatic rings. The third kappa shape index (κ3) is 5.78. The maximum Gasteiger partial charge on any atom is 0.257 e. The molecule has 5 nitrogen and oxygen atoms in total. The van der Waals surface area contributed by atoms with Crippen LogP contribution >= 0.6 is 31.9 Å². The predicted molar refractivity (Wildman–Crippen MR) is 82.8 cm³/mol. The van der Waals surface area contributed by atoms with Gasteiger partial charge >= 0.3 is 0 Å². The fraction of sp³-hybridized carbons (Fsp3) is 0.462. The highest BCUT2D eigenvalue weighted by Gasteiger charge is 2.10. The highest BCUT2D eigenvalue weighted by atomic mass is 79.9. The number of benzene rings is 1. The number of halogens is 2. The number of aliphatic hydroxyl groups is 1. The first-order valence-corrected chi connectivity index (χ1v) is 7.64. The molecular formula is C13H17Br2NO4. The molecule has 0 heterocycles. The van der Waals surface area contributed by atoms with Gasteiger partial charge < -0.3 is 19.9 Å². The molecule has 112 valence electrons. The van der Waals surface area contributed by atoms with E-state index >= 15 is 0 Å². The van der Waals surface area contributed by atoms with Crippen LogP contribution in [0.15, 0.2) is 21.1 Å². The van der Waals surface area contributed by atoms with Crippen LogP contribution in [0.25, 0.3) is 0 Å². The molecule has 20 heavy (non-hydrogen) atoms. The molecule has 1 rings (SSSR count). The Balaban J connectivity index is 2.47. The quantitative estimate of drug-likeness (QED) is 0.645. The van der Waals surface area contributed by atoms with Gasteiger partial charge in [0.2, 0.25) is 0 Å². The molecule has 0 spiro atoms. The minimum Gasteiger partial charge on any atom is -0.481 e. The molecule has 0 aliphatic carbocycles. The number of rotatable bonds is 8. The monoisotopic (exact) mass is 409 g/mol. The zero-order valence-corrected chi connectivity index (χ0v) is 14.3. The highest BCUT2D eigenvalue weighted by molar-refractivity contribution is 9.11. The number of nitrogens with one attached hydrogen (secondary N) is 1. The fourth-order valence-electron chi connectivity index (χ4n) is 1.47. The van der Waals surface area contributed by atoms with Crippen LogP contribution < -0.4 is 10.1 Å². The maximum atomic E-state index is 11.6. The lowest BCUT2D eigenvalue weighted by molar-refractivity contribution is -0.123. The van der Waals surface area contributed by atoms with E-state index in [1.165, 1.54) is 0 Å². The minimum absolute atomic E-state index is 0.0581. The molecule has 0 radical (unpaired) electrons. The zero-order chi connectivity index (χ0) is 15.0. The summed E-state index contributed by atoms with van der Waals surface area (Å²) in [4.78, 5) is 11.6. The van der Waals surface area contributed by atoms with Crippen molar-refractivity contribution < 1.29 is 19.4 Å². The van der Waals surface area contributed by atoms with Crippen molar-refractivity contribution in [2.75, 3.05) is 26.9 Å². The Hall–Kier alpha value is -0.630. The number of carbonyl (C=O) groups excluding carboxylic acids is 1. The van der Waals surface area contributed by atoms with Gasteiger partial charge in [-0.1, -0.05) is 0 Å². The van der Waals surface area contributed by atoms with Gasteiger partial charge in [-0.3, -0.25) is 4.79 Å². The van der Waals surface area contributed by atoms with Gasteiger partial charge in [0, 0.05) is 20.3 Å². The van der Waals surface area contributed by atoms with E-state index in [0.29, 0.717) is 27.8 Å². The lowest BCUT2D eigenvalue weighted by atomic mass is 10.2. The molecule has 0 saturated carbocycles. The lowest BCUT2D eigenvalue weighted by Gasteiger charge is -2.11. The van der Waals surface area contributed by atoms with Gasteiger partial charge in [-0.25, -0.2) is 0 Å². The van der Waals surface area contributed by atoms with Crippen molar-refractivity contribution in [3.05, 3.63) is 26.6 Å². The summed E-state index contributed by atoms with van der Waals surface area (Å²) in [6, 6.07) is 3.49. The topological polar surface area (TPSA) is 67.8 Å². The standard InChI is InChI=1S/C13H17Br2NO4/c1-19-4-2-3-16-12(18)8-20-13-10(14)5-9(7-17)6-11(13)15/h5-6,17H,2-4,7-8H2,1H3,(H,16,18). The van der Waals surface area contributed by atoms with Crippen molar-refractivity contribution >= 4 is 37.8 Å². The van der Waals surface area contributed by atoms with Gasteiger partial charge in [-0.15, -0.1) is 0 Å². The second-order valence-electron chi connectivity index (χ2n) is 4.03. The summed E-state index contributed by atoms with van der Waals surface area (Å²) in [7, 11) is 1.62. The molecule has 0 aromatic heterocycles. The third-order valence-electron chi connectivity index (χ3n) is 2.44. The molecule has 0 unspecified atom stereocenters. The fourth-order valence-corrected chi connectivity index (χ4v) is 2.98. The van der Waals surface area contributed by atoms with Crippen molar-refractivity contribution in [2.45, 2.75) is 13.0 Å². The molecule has 0 atom stereocenters. The second-order valence-corrected chi connectivity index (χ2v) is 5.74. The Labute approximate surface area is 134 Å². The average molecular weight is 411 g/mol. The van der Waals surface area contributed by atoms with E-state index in [-0.39, 0.29) is 19.1 Å². The SMILES string of the molecule is COCCCNC(=O)COc1c(Br)cc(CO)cc1Br. The van der Waals surface area contributed by atoms with Crippen LogP contribution in [-0.4, -0.2) is 37.9 Å². The number of hydrogen-bond acceptors (Lipinski definition) is 4. The summed E-state index contributed by atoms with van der Waals surface area (Å²) in [5, 5.41) is 11.8. The molecule has 1 amide bonds. The molecule has 7 heteroatoms. The Morgan fingerprint density at radius 3 is 2.55 bits per heavy atom. The number of amides is 1. The Bertz CT molecular complexity index is 431. The second kappa shape index (κ2) is 9.33. The molecule has 0 saturated heterocycles. The van der Waals surface area contributed by atoms with E-state index < -0.39 is 0 Å². The molecule has 2 N–H and O–H groups in total. The molecule has 0 bridgehead atoms. The largest absolute Gasteiger partial charge is 0.481 e. The highest BCUT2D eigenvalue weighted by Crippen LogP contribution is 2.34. The molecular weight excluding hydrogens is 394 g/mol. The first-order chi connectivity index (χ1) is 9.58. The van der Waals surface area contributed by atoms with Crippen LogP contribution in [-0.2, 0) is 16.1 Å². The van der Waals surface area contributed by atoms with E-state index in [9.17, 15) is 4.79 Å². The van der Waals surface area contributed by atoms with Crippen LogP contribution in [0.2, 0.25) is 0 Å². The van der Waals surface area contributed by atoms with Gasteiger partial charge in [-0.05, 0) is 56.0 Å². The minimum atomic E-state index is -0.189. The van der Waals surface area contributed by atoms with Gasteiger partial charge in [-0.2, -0.15) is 0 Å². The lowest BCUT2D eigenvalue weighted by Crippen LogP contribution is -2.30. The summed E-state index contributed by atoms with van der Waals surface area (Å²) in [6.07, 6.45) is 0.765. The Morgan fingerprint density at radius 1 is 1.35 bits per heavy atom. The zero-order valence-electron chi connectivity index (χ0n) is 11.1. The number of carbonyl (C=O) groups is 1. The number of hydrogen-bond donors (Lipinski definition) is 2. The number of ether oxygens (including phenoxy) is 2. The van der Waals surface area contributed by atoms with Gasteiger partial charge in [0.15, 0.2) is 6.61 Å². The molecule has 0 fully saturated rings.